The van der Waals surface area contributed by atoms with Crippen LogP contribution in [0.4, 0.5) is 8.78 Å². The van der Waals surface area contributed by atoms with Gasteiger partial charge in [0.25, 0.3) is 17.7 Å². The van der Waals surface area contributed by atoms with E-state index in [1.807, 2.05) is 7.05 Å². The molecule has 0 aromatic carbocycles. The number of carbonyl (C=O) groups excluding carboxylic acids is 2. The van der Waals surface area contributed by atoms with Crippen LogP contribution in [-0.4, -0.2) is 84.1 Å². The number of hydrogen-bond donors (Lipinski definition) is 0. The summed E-state index contributed by atoms with van der Waals surface area (Å²) in [5.41, 5.74) is 2.50. The largest absolute Gasteiger partial charge is 0.338 e. The summed E-state index contributed by atoms with van der Waals surface area (Å²) in [6.07, 6.45) is 9.44. The van der Waals surface area contributed by atoms with Crippen molar-refractivity contribution in [1.82, 2.24) is 14.7 Å². The molecule has 0 aromatic heterocycles. The van der Waals surface area contributed by atoms with E-state index in [1.54, 1.807) is 16.0 Å². The highest BCUT2D eigenvalue weighted by Crippen LogP contribution is 2.53. The summed E-state index contributed by atoms with van der Waals surface area (Å²) in [5, 5.41) is 0. The maximum absolute atomic E-state index is 13.5. The van der Waals surface area contributed by atoms with E-state index in [2.05, 4.69) is 23.1 Å². The second-order valence-corrected chi connectivity index (χ2v) is 10.2. The van der Waals surface area contributed by atoms with Crippen LogP contribution in [0.5, 0.6) is 0 Å². The van der Waals surface area contributed by atoms with Crippen molar-refractivity contribution in [3.63, 3.8) is 0 Å². The van der Waals surface area contributed by atoms with Gasteiger partial charge in [0.05, 0.1) is 5.57 Å². The zero-order valence-electron chi connectivity index (χ0n) is 18.2. The van der Waals surface area contributed by atoms with Crippen LogP contribution in [0.25, 0.3) is 0 Å². The number of carbonyl (C=O) groups is 2. The molecule has 6 aliphatic rings. The van der Waals surface area contributed by atoms with E-state index in [0.717, 1.165) is 30.5 Å². The van der Waals surface area contributed by atoms with Gasteiger partial charge in [0, 0.05) is 69.8 Å². The Morgan fingerprint density at radius 1 is 1.22 bits per heavy atom. The zero-order chi connectivity index (χ0) is 22.2. The van der Waals surface area contributed by atoms with E-state index in [-0.39, 0.29) is 55.9 Å². The summed E-state index contributed by atoms with van der Waals surface area (Å²) in [6.45, 7) is 1.84. The summed E-state index contributed by atoms with van der Waals surface area (Å²) in [6, 6.07) is 0.203. The maximum atomic E-state index is 13.5. The van der Waals surface area contributed by atoms with Crippen molar-refractivity contribution in [2.45, 2.75) is 43.8 Å². The Balaban J connectivity index is 1.20. The number of nitrogens with zero attached hydrogens (tertiary/aromatic N) is 4. The highest BCUT2D eigenvalue weighted by Gasteiger charge is 2.54. The van der Waals surface area contributed by atoms with Crippen LogP contribution in [0.15, 0.2) is 39.9 Å². The van der Waals surface area contributed by atoms with Crippen LogP contribution in [-0.2, 0) is 9.59 Å². The van der Waals surface area contributed by atoms with E-state index >= 15 is 0 Å². The average Bonchev–Trinajstić information content (AvgIpc) is 3.51. The number of halogens is 2. The Morgan fingerprint density at radius 3 is 2.78 bits per heavy atom. The van der Waals surface area contributed by atoms with Crippen LogP contribution >= 0.6 is 0 Å². The molecule has 6 nitrogen and oxygen atoms in total. The number of amides is 2. The Labute approximate surface area is 186 Å². The molecule has 6 rings (SSSR count). The fourth-order valence-electron chi connectivity index (χ4n) is 6.14. The Morgan fingerprint density at radius 2 is 2.00 bits per heavy atom. The molecule has 170 valence electrons. The molecule has 5 unspecified atom stereocenters. The van der Waals surface area contributed by atoms with E-state index < -0.39 is 5.92 Å². The van der Waals surface area contributed by atoms with Crippen molar-refractivity contribution < 1.29 is 18.4 Å². The number of aliphatic imine (C=N–C) groups is 1. The fourth-order valence-corrected chi connectivity index (χ4v) is 6.14. The van der Waals surface area contributed by atoms with Crippen LogP contribution in [0.2, 0.25) is 0 Å². The van der Waals surface area contributed by atoms with Gasteiger partial charge >= 0.3 is 0 Å². The zero-order valence-corrected chi connectivity index (χ0v) is 18.2. The van der Waals surface area contributed by atoms with Crippen molar-refractivity contribution in [2.24, 2.45) is 22.7 Å². The van der Waals surface area contributed by atoms with Crippen LogP contribution < -0.4 is 0 Å². The topological polar surface area (TPSA) is 56.2 Å². The second-order valence-electron chi connectivity index (χ2n) is 10.2. The number of dihydropyridines is 1. The van der Waals surface area contributed by atoms with Crippen molar-refractivity contribution in [2.75, 3.05) is 33.2 Å². The molecule has 32 heavy (non-hydrogen) atoms. The third kappa shape index (κ3) is 3.26. The minimum Gasteiger partial charge on any atom is -0.338 e. The molecule has 4 fully saturated rings. The number of piperidine rings is 2. The predicted octanol–water partition coefficient (Wildman–Crippen LogP) is 2.25. The minimum absolute atomic E-state index is 0.00683. The van der Waals surface area contributed by atoms with Crippen LogP contribution in [0, 0.1) is 17.8 Å². The molecule has 4 heterocycles. The lowest BCUT2D eigenvalue weighted by Gasteiger charge is -2.43. The van der Waals surface area contributed by atoms with E-state index in [9.17, 15) is 18.4 Å². The summed E-state index contributed by atoms with van der Waals surface area (Å²) in [7, 11) is 1.83. The van der Waals surface area contributed by atoms with Crippen LogP contribution in [0.1, 0.15) is 25.7 Å². The number of hydrogen-bond acceptors (Lipinski definition) is 4. The van der Waals surface area contributed by atoms with Gasteiger partial charge in [0.15, 0.2) is 0 Å². The molecule has 2 aliphatic carbocycles. The summed E-state index contributed by atoms with van der Waals surface area (Å²) in [4.78, 5) is 35.8. The smallest absolute Gasteiger partial charge is 0.255 e. The van der Waals surface area contributed by atoms with Gasteiger partial charge in [-0.15, -0.1) is 0 Å². The molecule has 3 saturated heterocycles. The van der Waals surface area contributed by atoms with Gasteiger partial charge in [-0.25, -0.2) is 8.78 Å². The SMILES string of the molecule is CN1CC2=CC(N3CC4CC4C4C=C(C(=O)N5CCC(F)(F)CC5)C=NC43)CC=C2C1=O. The van der Waals surface area contributed by atoms with Gasteiger partial charge in [-0.05, 0) is 30.3 Å². The first-order valence-corrected chi connectivity index (χ1v) is 11.7. The number of likely N-dealkylation sites (N-methyl/N-ethyl adjacent to an activating group) is 1. The monoisotopic (exact) mass is 442 g/mol. The first kappa shape index (κ1) is 20.3. The number of alkyl halides is 2. The van der Waals surface area contributed by atoms with Crippen molar-refractivity contribution >= 4 is 18.0 Å². The maximum Gasteiger partial charge on any atom is 0.255 e. The lowest BCUT2D eigenvalue weighted by atomic mass is 9.86. The average molecular weight is 443 g/mol. The van der Waals surface area contributed by atoms with Gasteiger partial charge in [0.2, 0.25) is 0 Å². The molecule has 4 aliphatic heterocycles. The Hall–Kier alpha value is -2.35. The fraction of sp³-hybridized carbons (Fsp3) is 0.625. The first-order valence-electron chi connectivity index (χ1n) is 11.7. The number of likely N-dealkylation sites (tertiary alicyclic amines) is 3. The lowest BCUT2D eigenvalue weighted by Crippen LogP contribution is -2.51. The highest BCUT2D eigenvalue weighted by atomic mass is 19.3. The van der Waals surface area contributed by atoms with Gasteiger partial charge < -0.3 is 9.80 Å². The molecule has 0 N–H and O–H groups in total. The second kappa shape index (κ2) is 7.07. The molecular weight excluding hydrogens is 414 g/mol. The molecule has 1 saturated carbocycles. The summed E-state index contributed by atoms with van der Waals surface area (Å²) < 4.78 is 27.0. The molecule has 5 atom stereocenters. The number of rotatable bonds is 2. The van der Waals surface area contributed by atoms with Gasteiger partial charge in [-0.2, -0.15) is 0 Å². The van der Waals surface area contributed by atoms with Crippen molar-refractivity contribution in [3.05, 3.63) is 34.9 Å². The van der Waals surface area contributed by atoms with E-state index in [4.69, 9.17) is 4.99 Å². The molecule has 0 radical (unpaired) electrons. The highest BCUT2D eigenvalue weighted by molar-refractivity contribution is 6.12. The number of fused-ring (bicyclic) bond motifs is 4. The van der Waals surface area contributed by atoms with Crippen molar-refractivity contribution in [1.29, 1.82) is 0 Å². The molecule has 0 spiro atoms. The molecule has 8 heteroatoms. The summed E-state index contributed by atoms with van der Waals surface area (Å²) in [5.74, 6) is -1.39. The molecule has 0 aromatic rings. The third-order valence-electron chi connectivity index (χ3n) is 8.08. The van der Waals surface area contributed by atoms with Gasteiger partial charge in [-0.3, -0.25) is 19.5 Å². The van der Waals surface area contributed by atoms with Gasteiger partial charge in [0.1, 0.15) is 6.17 Å². The minimum atomic E-state index is -2.66. The third-order valence-corrected chi connectivity index (χ3v) is 8.08. The Kier molecular flexibility index (Phi) is 4.48. The molecule has 2 amide bonds. The predicted molar refractivity (Wildman–Crippen MR) is 115 cm³/mol. The van der Waals surface area contributed by atoms with E-state index in [0.29, 0.717) is 24.0 Å². The molecular formula is C24H28F2N4O2. The summed E-state index contributed by atoms with van der Waals surface area (Å²) >= 11 is 0. The Bertz CT molecular complexity index is 990. The van der Waals surface area contributed by atoms with E-state index in [1.165, 1.54) is 0 Å². The van der Waals surface area contributed by atoms with Crippen LogP contribution in [0.3, 0.4) is 0 Å². The quantitative estimate of drug-likeness (QED) is 0.659. The standard InChI is InChI=1S/C24H28F2N4O2/c1-28-12-15-8-17(2-3-18(15)23(28)32)30-13-16-10-19(16)20-9-14(11-27-21(20)30)22(31)29-6-4-24(25,26)5-7-29/h3,8-9,11,16-17,19-21H,2,4-7,10,12-13H2,1H3. The first-order chi connectivity index (χ1) is 15.3. The van der Waals surface area contributed by atoms with Gasteiger partial charge in [-0.1, -0.05) is 18.2 Å². The normalized spacial score (nSPS) is 37.8. The molecule has 0 bridgehead atoms. The lowest BCUT2D eigenvalue weighted by molar-refractivity contribution is -0.132. The van der Waals surface area contributed by atoms with Crippen molar-refractivity contribution in [3.8, 4) is 0 Å².